The zero-order valence-corrected chi connectivity index (χ0v) is 13.7. The van der Waals surface area contributed by atoms with E-state index in [2.05, 4.69) is 4.90 Å². The van der Waals surface area contributed by atoms with Crippen LogP contribution in [0.3, 0.4) is 0 Å². The van der Waals surface area contributed by atoms with Crippen LogP contribution in [-0.4, -0.2) is 58.2 Å². The molecule has 7 heteroatoms. The highest BCUT2D eigenvalue weighted by atomic mass is 32.2. The van der Waals surface area contributed by atoms with Gasteiger partial charge in [-0.2, -0.15) is 0 Å². The van der Waals surface area contributed by atoms with Crippen molar-refractivity contribution < 1.29 is 17.9 Å². The normalized spacial score (nSPS) is 29.8. The van der Waals surface area contributed by atoms with Crippen LogP contribution in [-0.2, 0) is 19.4 Å². The molecular formula is C16H20N2O4S. The third-order valence-corrected chi connectivity index (χ3v) is 6.76. The second-order valence-electron chi connectivity index (χ2n) is 6.49. The quantitative estimate of drug-likeness (QED) is 0.794. The Morgan fingerprint density at radius 1 is 1.00 bits per heavy atom. The standard InChI is InChI=1S/C16H20N2O4S/c19-16-9-12-10-23(20,21)11-15(12)18(16)14-3-1-13(2-4-14)17-5-7-22-8-6-17/h1-4,12,15H,5-11H2. The number of nitrogens with zero attached hydrogens (tertiary/aromatic N) is 2. The van der Waals surface area contributed by atoms with E-state index < -0.39 is 9.84 Å². The van der Waals surface area contributed by atoms with E-state index in [9.17, 15) is 13.2 Å². The van der Waals surface area contributed by atoms with Crippen molar-refractivity contribution in [2.75, 3.05) is 47.6 Å². The fraction of sp³-hybridized carbons (Fsp3) is 0.562. The van der Waals surface area contributed by atoms with Crippen molar-refractivity contribution in [3.63, 3.8) is 0 Å². The molecule has 0 aliphatic carbocycles. The first-order chi connectivity index (χ1) is 11.0. The zero-order chi connectivity index (χ0) is 16.0. The van der Waals surface area contributed by atoms with Crippen LogP contribution < -0.4 is 9.80 Å². The molecule has 0 N–H and O–H groups in total. The number of carbonyl (C=O) groups excluding carboxylic acids is 1. The van der Waals surface area contributed by atoms with E-state index in [1.54, 1.807) is 4.90 Å². The molecule has 1 amide bonds. The molecule has 23 heavy (non-hydrogen) atoms. The van der Waals surface area contributed by atoms with Crippen molar-refractivity contribution in [2.24, 2.45) is 5.92 Å². The monoisotopic (exact) mass is 336 g/mol. The second kappa shape index (κ2) is 5.49. The number of hydrogen-bond acceptors (Lipinski definition) is 5. The number of hydrogen-bond donors (Lipinski definition) is 0. The molecule has 0 saturated carbocycles. The van der Waals surface area contributed by atoms with Gasteiger partial charge in [-0.15, -0.1) is 0 Å². The van der Waals surface area contributed by atoms with Gasteiger partial charge in [0.25, 0.3) is 0 Å². The predicted molar refractivity (Wildman–Crippen MR) is 87.5 cm³/mol. The summed E-state index contributed by atoms with van der Waals surface area (Å²) in [5, 5.41) is 0. The highest BCUT2D eigenvalue weighted by Crippen LogP contribution is 2.37. The SMILES string of the molecule is O=C1CC2CS(=O)(=O)CC2N1c1ccc(N2CCOCC2)cc1. The lowest BCUT2D eigenvalue weighted by Crippen LogP contribution is -2.37. The Labute approximate surface area is 135 Å². The molecule has 0 spiro atoms. The molecule has 1 aromatic rings. The number of anilines is 2. The number of morpholine rings is 1. The molecule has 2 unspecified atom stereocenters. The van der Waals surface area contributed by atoms with Crippen molar-refractivity contribution in [2.45, 2.75) is 12.5 Å². The second-order valence-corrected chi connectivity index (χ2v) is 8.64. The summed E-state index contributed by atoms with van der Waals surface area (Å²) in [4.78, 5) is 16.2. The predicted octanol–water partition coefficient (Wildman–Crippen LogP) is 0.673. The number of sulfone groups is 1. The molecule has 3 aliphatic rings. The highest BCUT2D eigenvalue weighted by molar-refractivity contribution is 7.91. The lowest BCUT2D eigenvalue weighted by Gasteiger charge is -2.29. The average molecular weight is 336 g/mol. The van der Waals surface area contributed by atoms with E-state index >= 15 is 0 Å². The maximum absolute atomic E-state index is 12.3. The van der Waals surface area contributed by atoms with Crippen molar-refractivity contribution in [1.82, 2.24) is 0 Å². The van der Waals surface area contributed by atoms with Gasteiger partial charge < -0.3 is 14.5 Å². The molecule has 6 nitrogen and oxygen atoms in total. The smallest absolute Gasteiger partial charge is 0.227 e. The van der Waals surface area contributed by atoms with Crippen molar-refractivity contribution in [3.8, 4) is 0 Å². The third-order valence-electron chi connectivity index (χ3n) is 4.98. The lowest BCUT2D eigenvalue weighted by atomic mass is 10.0. The van der Waals surface area contributed by atoms with Crippen LogP contribution >= 0.6 is 0 Å². The molecule has 3 saturated heterocycles. The van der Waals surface area contributed by atoms with Crippen LogP contribution in [0.25, 0.3) is 0 Å². The molecule has 1 aromatic carbocycles. The number of fused-ring (bicyclic) bond motifs is 1. The van der Waals surface area contributed by atoms with Crippen LogP contribution in [0.5, 0.6) is 0 Å². The van der Waals surface area contributed by atoms with Gasteiger partial charge >= 0.3 is 0 Å². The van der Waals surface area contributed by atoms with Gasteiger partial charge in [0.05, 0.1) is 30.8 Å². The molecule has 3 aliphatic heterocycles. The van der Waals surface area contributed by atoms with E-state index in [4.69, 9.17) is 4.74 Å². The van der Waals surface area contributed by atoms with Crippen LogP contribution in [0, 0.1) is 5.92 Å². The Morgan fingerprint density at radius 2 is 1.65 bits per heavy atom. The van der Waals surface area contributed by atoms with Gasteiger partial charge in [0.1, 0.15) is 0 Å². The minimum Gasteiger partial charge on any atom is -0.378 e. The van der Waals surface area contributed by atoms with Crippen LogP contribution in [0.2, 0.25) is 0 Å². The number of ether oxygens (including phenoxy) is 1. The van der Waals surface area contributed by atoms with E-state index in [0.29, 0.717) is 6.42 Å². The summed E-state index contributed by atoms with van der Waals surface area (Å²) in [6.45, 7) is 3.19. The molecule has 4 rings (SSSR count). The topological polar surface area (TPSA) is 66.9 Å². The average Bonchev–Trinajstić information content (AvgIpc) is 2.98. The number of carbonyl (C=O) groups is 1. The first kappa shape index (κ1) is 15.0. The van der Waals surface area contributed by atoms with Crippen molar-refractivity contribution in [3.05, 3.63) is 24.3 Å². The largest absolute Gasteiger partial charge is 0.378 e. The van der Waals surface area contributed by atoms with Gasteiger partial charge in [-0.25, -0.2) is 8.42 Å². The van der Waals surface area contributed by atoms with E-state index in [0.717, 1.165) is 37.7 Å². The summed E-state index contributed by atoms with van der Waals surface area (Å²) in [7, 11) is -3.01. The maximum Gasteiger partial charge on any atom is 0.227 e. The number of amides is 1. The lowest BCUT2D eigenvalue weighted by molar-refractivity contribution is -0.117. The summed E-state index contributed by atoms with van der Waals surface area (Å²) in [5.41, 5.74) is 1.91. The van der Waals surface area contributed by atoms with E-state index in [1.807, 2.05) is 24.3 Å². The molecule has 124 valence electrons. The van der Waals surface area contributed by atoms with Gasteiger partial charge in [-0.3, -0.25) is 4.79 Å². The Hall–Kier alpha value is -1.60. The number of rotatable bonds is 2. The fourth-order valence-corrected chi connectivity index (χ4v) is 5.94. The first-order valence-corrected chi connectivity index (χ1v) is 9.81. The minimum absolute atomic E-state index is 0.0361. The third kappa shape index (κ3) is 2.72. The van der Waals surface area contributed by atoms with E-state index in [1.165, 1.54) is 0 Å². The summed E-state index contributed by atoms with van der Waals surface area (Å²) in [6.07, 6.45) is 0.342. The minimum atomic E-state index is -3.01. The van der Waals surface area contributed by atoms with Crippen LogP contribution in [0.1, 0.15) is 6.42 Å². The Bertz CT molecular complexity index is 710. The fourth-order valence-electron chi connectivity index (χ4n) is 3.87. The molecule has 3 fully saturated rings. The van der Waals surface area contributed by atoms with Crippen LogP contribution in [0.4, 0.5) is 11.4 Å². The van der Waals surface area contributed by atoms with Crippen molar-refractivity contribution >= 4 is 27.1 Å². The van der Waals surface area contributed by atoms with Gasteiger partial charge in [0, 0.05) is 36.8 Å². The highest BCUT2D eigenvalue weighted by Gasteiger charge is 2.49. The molecule has 3 heterocycles. The van der Waals surface area contributed by atoms with Crippen molar-refractivity contribution in [1.29, 1.82) is 0 Å². The molecule has 0 aromatic heterocycles. The van der Waals surface area contributed by atoms with Gasteiger partial charge in [0.2, 0.25) is 5.91 Å². The Balaban J connectivity index is 1.56. The summed E-state index contributed by atoms with van der Waals surface area (Å²) >= 11 is 0. The summed E-state index contributed by atoms with van der Waals surface area (Å²) in [6, 6.07) is 7.67. The van der Waals surface area contributed by atoms with Gasteiger partial charge in [0.15, 0.2) is 9.84 Å². The maximum atomic E-state index is 12.3. The number of benzene rings is 1. The van der Waals surface area contributed by atoms with Gasteiger partial charge in [-0.05, 0) is 24.3 Å². The summed E-state index contributed by atoms with van der Waals surface area (Å²) in [5.74, 6) is 0.223. The Kier molecular flexibility index (Phi) is 3.57. The first-order valence-electron chi connectivity index (χ1n) is 7.99. The molecule has 0 bridgehead atoms. The molecule has 0 radical (unpaired) electrons. The molecule has 2 atom stereocenters. The van der Waals surface area contributed by atoms with Gasteiger partial charge in [-0.1, -0.05) is 0 Å². The van der Waals surface area contributed by atoms with E-state index in [-0.39, 0.29) is 29.4 Å². The Morgan fingerprint density at radius 3 is 2.35 bits per heavy atom. The molecular weight excluding hydrogens is 316 g/mol. The zero-order valence-electron chi connectivity index (χ0n) is 12.8. The van der Waals surface area contributed by atoms with Crippen LogP contribution in [0.15, 0.2) is 24.3 Å². The summed E-state index contributed by atoms with van der Waals surface area (Å²) < 4.78 is 29.0.